The highest BCUT2D eigenvalue weighted by Gasteiger charge is 2.23. The Labute approximate surface area is 77.2 Å². The van der Waals surface area contributed by atoms with Crippen molar-refractivity contribution in [2.45, 2.75) is 59.5 Å². The molecule has 1 atom stereocenters. The second-order valence-corrected chi connectivity index (χ2v) is 4.80. The van der Waals surface area contributed by atoms with E-state index in [1.54, 1.807) is 0 Å². The highest BCUT2D eigenvalue weighted by molar-refractivity contribution is 4.75. The largest absolute Gasteiger partial charge is 0.390 e. The Hall–Kier alpha value is -0.0400. The van der Waals surface area contributed by atoms with Crippen molar-refractivity contribution in [2.75, 3.05) is 0 Å². The number of hydrogen-bond acceptors (Lipinski definition) is 1. The third-order valence-electron chi connectivity index (χ3n) is 2.71. The van der Waals surface area contributed by atoms with Crippen molar-refractivity contribution in [3.05, 3.63) is 0 Å². The van der Waals surface area contributed by atoms with E-state index in [0.717, 1.165) is 18.8 Å². The van der Waals surface area contributed by atoms with Gasteiger partial charge in [-0.3, -0.25) is 0 Å². The molecule has 0 amide bonds. The molecule has 0 aromatic carbocycles. The van der Waals surface area contributed by atoms with Crippen molar-refractivity contribution in [3.8, 4) is 0 Å². The number of rotatable bonds is 5. The summed E-state index contributed by atoms with van der Waals surface area (Å²) in [5, 5.41) is 9.90. The summed E-state index contributed by atoms with van der Waals surface area (Å²) in [6, 6.07) is 0. The predicted molar refractivity (Wildman–Crippen MR) is 54.2 cm³/mol. The van der Waals surface area contributed by atoms with Crippen molar-refractivity contribution in [3.63, 3.8) is 0 Å². The van der Waals surface area contributed by atoms with Crippen LogP contribution in [0.4, 0.5) is 0 Å². The molecule has 1 heteroatoms. The summed E-state index contributed by atoms with van der Waals surface area (Å²) in [6.45, 7) is 10.6. The molecule has 0 aliphatic heterocycles. The monoisotopic (exact) mass is 172 g/mol. The van der Waals surface area contributed by atoms with Crippen LogP contribution in [0.1, 0.15) is 53.9 Å². The fraction of sp³-hybridized carbons (Fsp3) is 1.00. The van der Waals surface area contributed by atoms with Gasteiger partial charge in [0.05, 0.1) is 5.60 Å². The lowest BCUT2D eigenvalue weighted by molar-refractivity contribution is 0.00255. The van der Waals surface area contributed by atoms with Crippen molar-refractivity contribution < 1.29 is 5.11 Å². The summed E-state index contributed by atoms with van der Waals surface area (Å²) in [6.07, 6.45) is 3.30. The van der Waals surface area contributed by atoms with E-state index in [1.165, 1.54) is 6.42 Å². The summed E-state index contributed by atoms with van der Waals surface area (Å²) in [7, 11) is 0. The Balaban J connectivity index is 3.61. The van der Waals surface area contributed by atoms with Crippen LogP contribution in [0.2, 0.25) is 0 Å². The summed E-state index contributed by atoms with van der Waals surface area (Å²) in [5.74, 6) is 1.12. The number of aliphatic hydroxyl groups is 1. The van der Waals surface area contributed by atoms with E-state index in [4.69, 9.17) is 0 Å². The van der Waals surface area contributed by atoms with Gasteiger partial charge in [0, 0.05) is 0 Å². The van der Waals surface area contributed by atoms with Gasteiger partial charge in [0.2, 0.25) is 0 Å². The SMILES string of the molecule is CC(C)CCC[C@](C)(O)C(C)C. The van der Waals surface area contributed by atoms with Crippen LogP contribution in [0.3, 0.4) is 0 Å². The smallest absolute Gasteiger partial charge is 0.0642 e. The molecular weight excluding hydrogens is 148 g/mol. The maximum Gasteiger partial charge on any atom is 0.0642 e. The van der Waals surface area contributed by atoms with Crippen molar-refractivity contribution in [1.82, 2.24) is 0 Å². The van der Waals surface area contributed by atoms with Gasteiger partial charge in [-0.15, -0.1) is 0 Å². The molecular formula is C11H24O. The van der Waals surface area contributed by atoms with Crippen LogP contribution in [0.5, 0.6) is 0 Å². The van der Waals surface area contributed by atoms with Gasteiger partial charge in [0.15, 0.2) is 0 Å². The molecule has 0 unspecified atom stereocenters. The molecule has 0 rings (SSSR count). The average Bonchev–Trinajstić information content (AvgIpc) is 1.85. The van der Waals surface area contributed by atoms with Gasteiger partial charge in [-0.1, -0.05) is 40.5 Å². The quantitative estimate of drug-likeness (QED) is 0.675. The highest BCUT2D eigenvalue weighted by Crippen LogP contribution is 2.23. The van der Waals surface area contributed by atoms with Gasteiger partial charge in [0.25, 0.3) is 0 Å². The first-order valence-electron chi connectivity index (χ1n) is 5.08. The first-order valence-corrected chi connectivity index (χ1v) is 5.08. The molecule has 0 aromatic rings. The third-order valence-corrected chi connectivity index (χ3v) is 2.71. The van der Waals surface area contributed by atoms with Crippen LogP contribution in [-0.4, -0.2) is 10.7 Å². The molecule has 0 spiro atoms. The van der Waals surface area contributed by atoms with E-state index in [0.29, 0.717) is 5.92 Å². The summed E-state index contributed by atoms with van der Waals surface area (Å²) < 4.78 is 0. The van der Waals surface area contributed by atoms with Crippen LogP contribution in [-0.2, 0) is 0 Å². The van der Waals surface area contributed by atoms with Crippen molar-refractivity contribution in [2.24, 2.45) is 11.8 Å². The molecule has 0 fully saturated rings. The van der Waals surface area contributed by atoms with Crippen LogP contribution >= 0.6 is 0 Å². The van der Waals surface area contributed by atoms with E-state index in [-0.39, 0.29) is 0 Å². The minimum absolute atomic E-state index is 0.365. The second-order valence-electron chi connectivity index (χ2n) is 4.80. The first kappa shape index (κ1) is 12.0. The van der Waals surface area contributed by atoms with Gasteiger partial charge in [-0.05, 0) is 25.2 Å². The summed E-state index contributed by atoms with van der Waals surface area (Å²) in [5.41, 5.74) is -0.463. The average molecular weight is 172 g/mol. The fourth-order valence-electron chi connectivity index (χ4n) is 1.16. The van der Waals surface area contributed by atoms with Gasteiger partial charge < -0.3 is 5.11 Å². The first-order chi connectivity index (χ1) is 5.36. The molecule has 1 nitrogen and oxygen atoms in total. The summed E-state index contributed by atoms with van der Waals surface area (Å²) >= 11 is 0. The zero-order valence-electron chi connectivity index (χ0n) is 9.22. The van der Waals surface area contributed by atoms with E-state index >= 15 is 0 Å². The van der Waals surface area contributed by atoms with Gasteiger partial charge in [-0.25, -0.2) is 0 Å². The molecule has 1 N–H and O–H groups in total. The Morgan fingerprint density at radius 2 is 1.67 bits per heavy atom. The molecule has 0 aliphatic carbocycles. The molecule has 0 saturated carbocycles. The lowest BCUT2D eigenvalue weighted by Crippen LogP contribution is -2.30. The minimum atomic E-state index is -0.463. The van der Waals surface area contributed by atoms with Crippen LogP contribution < -0.4 is 0 Å². The molecule has 0 bridgehead atoms. The molecule has 0 radical (unpaired) electrons. The molecule has 74 valence electrons. The Bertz CT molecular complexity index is 114. The van der Waals surface area contributed by atoms with Crippen molar-refractivity contribution in [1.29, 1.82) is 0 Å². The van der Waals surface area contributed by atoms with Crippen LogP contribution in [0.15, 0.2) is 0 Å². The van der Waals surface area contributed by atoms with E-state index in [9.17, 15) is 5.11 Å². The lowest BCUT2D eigenvalue weighted by atomic mass is 9.86. The van der Waals surface area contributed by atoms with E-state index in [2.05, 4.69) is 27.7 Å². The standard InChI is InChI=1S/C11H24O/c1-9(2)7-6-8-11(5,12)10(3)4/h9-10,12H,6-8H2,1-5H3/t11-/m0/s1. The topological polar surface area (TPSA) is 20.2 Å². The molecule has 0 aliphatic rings. The van der Waals surface area contributed by atoms with E-state index in [1.807, 2.05) is 6.92 Å². The Kier molecular flexibility index (Phi) is 4.84. The van der Waals surface area contributed by atoms with E-state index < -0.39 is 5.60 Å². The third kappa shape index (κ3) is 4.76. The van der Waals surface area contributed by atoms with Crippen molar-refractivity contribution >= 4 is 0 Å². The van der Waals surface area contributed by atoms with Gasteiger partial charge in [-0.2, -0.15) is 0 Å². The highest BCUT2D eigenvalue weighted by atomic mass is 16.3. The normalized spacial score (nSPS) is 17.0. The minimum Gasteiger partial charge on any atom is -0.390 e. The maximum absolute atomic E-state index is 9.90. The zero-order chi connectivity index (χ0) is 9.78. The number of hydrogen-bond donors (Lipinski definition) is 1. The predicted octanol–water partition coefficient (Wildman–Crippen LogP) is 3.22. The zero-order valence-corrected chi connectivity index (χ0v) is 9.22. The Morgan fingerprint density at radius 3 is 2.00 bits per heavy atom. The summed E-state index contributed by atoms with van der Waals surface area (Å²) in [4.78, 5) is 0. The molecule has 0 saturated heterocycles. The molecule has 0 aromatic heterocycles. The van der Waals surface area contributed by atoms with Crippen LogP contribution in [0.25, 0.3) is 0 Å². The Morgan fingerprint density at radius 1 is 1.17 bits per heavy atom. The maximum atomic E-state index is 9.90. The molecule has 0 heterocycles. The van der Waals surface area contributed by atoms with Crippen LogP contribution in [0, 0.1) is 11.8 Å². The lowest BCUT2D eigenvalue weighted by Gasteiger charge is -2.27. The van der Waals surface area contributed by atoms with Gasteiger partial charge in [0.1, 0.15) is 0 Å². The van der Waals surface area contributed by atoms with Gasteiger partial charge >= 0.3 is 0 Å². The second kappa shape index (κ2) is 4.86. The molecule has 12 heavy (non-hydrogen) atoms. The fourth-order valence-corrected chi connectivity index (χ4v) is 1.16.